The molecule has 1 unspecified atom stereocenters. The molecular formula is C29H23BrClF3N2O5S. The lowest BCUT2D eigenvalue weighted by atomic mass is 9.83. The largest absolute Gasteiger partial charge is 0.421 e. The maximum Gasteiger partial charge on any atom is 0.421 e. The number of hydrogen-bond donors (Lipinski definition) is 0. The fourth-order valence-electron chi connectivity index (χ4n) is 6.17. The molecule has 1 fully saturated rings. The molecule has 6 rings (SSSR count). The van der Waals surface area contributed by atoms with Crippen LogP contribution in [-0.2, 0) is 20.4 Å². The van der Waals surface area contributed by atoms with Crippen LogP contribution in [0, 0.1) is 6.92 Å². The maximum atomic E-state index is 14.9. The fraction of sp³-hybridized carbons (Fsp3) is 0.310. The zero-order valence-corrected chi connectivity index (χ0v) is 25.3. The van der Waals surface area contributed by atoms with E-state index >= 15 is 0 Å². The van der Waals surface area contributed by atoms with E-state index in [0.717, 1.165) is 20.8 Å². The van der Waals surface area contributed by atoms with Gasteiger partial charge in [-0.1, -0.05) is 45.2 Å². The zero-order valence-electron chi connectivity index (χ0n) is 22.2. The van der Waals surface area contributed by atoms with Gasteiger partial charge in [0, 0.05) is 27.5 Å². The van der Waals surface area contributed by atoms with E-state index in [1.54, 1.807) is 25.1 Å². The van der Waals surface area contributed by atoms with Crippen molar-refractivity contribution in [2.75, 3.05) is 4.31 Å². The first-order valence-electron chi connectivity index (χ1n) is 13.0. The molecule has 2 amide bonds. The number of carbonyl (C=O) groups excluding carboxylic acids is 2. The van der Waals surface area contributed by atoms with Crippen LogP contribution >= 0.6 is 27.5 Å². The molecule has 7 nitrogen and oxygen atoms in total. The van der Waals surface area contributed by atoms with Gasteiger partial charge in [-0.25, -0.2) is 8.42 Å². The summed E-state index contributed by atoms with van der Waals surface area (Å²) >= 11 is 9.42. The van der Waals surface area contributed by atoms with Crippen LogP contribution < -0.4 is 4.31 Å². The van der Waals surface area contributed by atoms with Crippen molar-refractivity contribution in [1.82, 2.24) is 4.90 Å². The van der Waals surface area contributed by atoms with Crippen LogP contribution in [0.4, 0.5) is 18.9 Å². The summed E-state index contributed by atoms with van der Waals surface area (Å²) in [4.78, 5) is 27.3. The number of imide groups is 1. The minimum absolute atomic E-state index is 0.0129. The van der Waals surface area contributed by atoms with E-state index in [2.05, 4.69) is 15.9 Å². The summed E-state index contributed by atoms with van der Waals surface area (Å²) < 4.78 is 80.4. The summed E-state index contributed by atoms with van der Waals surface area (Å²) in [7, 11) is -4.38. The summed E-state index contributed by atoms with van der Waals surface area (Å²) in [6.07, 6.45) is -7.22. The third kappa shape index (κ3) is 4.29. The topological polar surface area (TPSA) is 84.0 Å². The molecule has 3 aromatic carbocycles. The van der Waals surface area contributed by atoms with Crippen LogP contribution in [0.2, 0.25) is 5.02 Å². The number of hydrogen-bond acceptors (Lipinski definition) is 5. The monoisotopic (exact) mass is 682 g/mol. The lowest BCUT2D eigenvalue weighted by molar-refractivity contribution is -0.278. The molecule has 13 heteroatoms. The first-order valence-corrected chi connectivity index (χ1v) is 15.6. The molecule has 42 heavy (non-hydrogen) atoms. The van der Waals surface area contributed by atoms with Gasteiger partial charge in [0.1, 0.15) is 0 Å². The van der Waals surface area contributed by atoms with Crippen LogP contribution in [0.3, 0.4) is 0 Å². The number of rotatable bonds is 5. The Kier molecular flexibility index (Phi) is 6.80. The first kappa shape index (κ1) is 29.2. The molecule has 0 radical (unpaired) electrons. The molecule has 0 spiro atoms. The number of alkyl halides is 3. The number of benzene rings is 3. The van der Waals surface area contributed by atoms with Gasteiger partial charge >= 0.3 is 6.18 Å². The van der Waals surface area contributed by atoms with Gasteiger partial charge in [0.15, 0.2) is 5.60 Å². The molecule has 0 N–H and O–H groups in total. The Morgan fingerprint density at radius 1 is 1.05 bits per heavy atom. The molecule has 3 aliphatic rings. The van der Waals surface area contributed by atoms with Crippen molar-refractivity contribution < 1.29 is 35.9 Å². The molecule has 0 aliphatic carbocycles. The number of amides is 2. The van der Waals surface area contributed by atoms with Gasteiger partial charge in [0.25, 0.3) is 21.8 Å². The van der Waals surface area contributed by atoms with E-state index in [4.69, 9.17) is 16.3 Å². The van der Waals surface area contributed by atoms with Crippen LogP contribution in [0.25, 0.3) is 0 Å². The minimum atomic E-state index is -4.93. The van der Waals surface area contributed by atoms with Gasteiger partial charge in [-0.15, -0.1) is 0 Å². The number of sulfonamides is 1. The molecule has 3 aliphatic heterocycles. The Bertz CT molecular complexity index is 1750. The van der Waals surface area contributed by atoms with Gasteiger partial charge in [-0.2, -0.15) is 13.2 Å². The Morgan fingerprint density at radius 3 is 2.38 bits per heavy atom. The molecular weight excluding hydrogens is 661 g/mol. The van der Waals surface area contributed by atoms with E-state index in [9.17, 15) is 31.2 Å². The van der Waals surface area contributed by atoms with Crippen molar-refractivity contribution in [3.05, 3.63) is 92.4 Å². The molecule has 3 heterocycles. The predicted molar refractivity (Wildman–Crippen MR) is 152 cm³/mol. The summed E-state index contributed by atoms with van der Waals surface area (Å²) in [6.45, 7) is 3.32. The number of nitrogens with zero attached hydrogens (tertiary/aromatic N) is 2. The number of carbonyl (C=O) groups is 2. The summed E-state index contributed by atoms with van der Waals surface area (Å²) in [5.41, 5.74) is -2.28. The van der Waals surface area contributed by atoms with Crippen molar-refractivity contribution in [2.24, 2.45) is 0 Å². The second-order valence-corrected chi connectivity index (χ2v) is 13.9. The molecule has 0 saturated carbocycles. The van der Waals surface area contributed by atoms with Crippen LogP contribution in [-0.4, -0.2) is 49.5 Å². The van der Waals surface area contributed by atoms with Crippen molar-refractivity contribution in [2.45, 2.75) is 61.5 Å². The highest BCUT2D eigenvalue weighted by Gasteiger charge is 2.69. The second kappa shape index (κ2) is 9.80. The Hall–Kier alpha value is -2.93. The average molecular weight is 684 g/mol. The van der Waals surface area contributed by atoms with Crippen LogP contribution in [0.5, 0.6) is 0 Å². The normalized spacial score (nSPS) is 24.2. The molecule has 3 aromatic rings. The van der Waals surface area contributed by atoms with E-state index in [-0.39, 0.29) is 33.2 Å². The predicted octanol–water partition coefficient (Wildman–Crippen LogP) is 6.61. The Labute approximate surface area is 253 Å². The third-order valence-corrected chi connectivity index (χ3v) is 10.7. The summed E-state index contributed by atoms with van der Waals surface area (Å²) in [6, 6.07) is 12.1. The standard InChI is InChI=1S/C29H23BrClF3N2O5S/c1-15-3-7-19(8-4-15)42(39,40)36-23-10-6-18(31)13-22(23)28(29(32,33)34)14-24(36)25(41-28)11-16(2)35-26(37)20-9-5-17(30)12-21(20)27(35)38/h3-10,12-13,16,24-25H,11,14H2,1-2H3/t16?,24-,25+,28-/m1/s1. The zero-order chi connectivity index (χ0) is 30.4. The van der Waals surface area contributed by atoms with Crippen LogP contribution in [0.15, 0.2) is 70.0 Å². The van der Waals surface area contributed by atoms with Gasteiger partial charge in [-0.05, 0) is 68.8 Å². The number of anilines is 1. The van der Waals surface area contributed by atoms with Crippen molar-refractivity contribution in [1.29, 1.82) is 0 Å². The number of halogens is 5. The fourth-order valence-corrected chi connectivity index (χ4v) is 8.39. The lowest BCUT2D eigenvalue weighted by Crippen LogP contribution is -2.51. The van der Waals surface area contributed by atoms with E-state index in [0.29, 0.717) is 4.47 Å². The van der Waals surface area contributed by atoms with Gasteiger partial charge in [-0.3, -0.25) is 18.8 Å². The summed E-state index contributed by atoms with van der Waals surface area (Å²) in [5, 5.41) is -0.0129. The van der Waals surface area contributed by atoms with Gasteiger partial charge in [0.05, 0.1) is 33.9 Å². The second-order valence-electron chi connectivity index (χ2n) is 10.8. The van der Waals surface area contributed by atoms with Crippen LogP contribution in [0.1, 0.15) is 51.6 Å². The molecule has 0 aromatic heterocycles. The highest BCUT2D eigenvalue weighted by atomic mass is 79.9. The molecule has 4 atom stereocenters. The number of fused-ring (bicyclic) bond motifs is 5. The lowest BCUT2D eigenvalue weighted by Gasteiger charge is -2.41. The minimum Gasteiger partial charge on any atom is -0.355 e. The molecule has 1 saturated heterocycles. The summed E-state index contributed by atoms with van der Waals surface area (Å²) in [5.74, 6) is -1.17. The van der Waals surface area contributed by atoms with Crippen molar-refractivity contribution >= 4 is 55.1 Å². The highest BCUT2D eigenvalue weighted by Crippen LogP contribution is 2.60. The van der Waals surface area contributed by atoms with Crippen molar-refractivity contribution in [3.8, 4) is 0 Å². The quantitative estimate of drug-likeness (QED) is 0.283. The molecule has 2 bridgehead atoms. The molecule has 220 valence electrons. The average Bonchev–Trinajstić information content (AvgIpc) is 3.36. The van der Waals surface area contributed by atoms with E-state index < -0.39 is 63.8 Å². The van der Waals surface area contributed by atoms with Gasteiger partial charge < -0.3 is 4.74 Å². The van der Waals surface area contributed by atoms with Crippen molar-refractivity contribution in [3.63, 3.8) is 0 Å². The first-order chi connectivity index (χ1) is 19.7. The SMILES string of the molecule is Cc1ccc(S(=O)(=O)N2c3ccc(Cl)cc3[C@@]3(C(F)(F)F)C[C@@H]2[C@H](CC(C)N2C(=O)c4ccc(Br)cc4C2=O)O3)cc1. The highest BCUT2D eigenvalue weighted by molar-refractivity contribution is 9.10. The third-order valence-electron chi connectivity index (χ3n) is 8.14. The Balaban J connectivity index is 1.44. The smallest absolute Gasteiger partial charge is 0.355 e. The van der Waals surface area contributed by atoms with E-state index in [1.807, 2.05) is 0 Å². The number of aryl methyl sites for hydroxylation is 1. The van der Waals surface area contributed by atoms with E-state index in [1.165, 1.54) is 43.3 Å². The number of ether oxygens (including phenoxy) is 1. The maximum absolute atomic E-state index is 14.9. The Morgan fingerprint density at radius 2 is 1.71 bits per heavy atom. The van der Waals surface area contributed by atoms with Gasteiger partial charge in [0.2, 0.25) is 0 Å².